The van der Waals surface area contributed by atoms with Crippen LogP contribution in [0.25, 0.3) is 11.3 Å². The van der Waals surface area contributed by atoms with Crippen LogP contribution in [0.15, 0.2) is 48.5 Å². The van der Waals surface area contributed by atoms with Gasteiger partial charge in [-0.2, -0.15) is 0 Å². The summed E-state index contributed by atoms with van der Waals surface area (Å²) in [6.07, 6.45) is 0. The van der Waals surface area contributed by atoms with Crippen LogP contribution in [-0.4, -0.2) is 26.1 Å². The van der Waals surface area contributed by atoms with Crippen LogP contribution in [0.1, 0.15) is 16.1 Å². The number of benzene rings is 2. The third kappa shape index (κ3) is 3.22. The molecule has 1 heterocycles. The zero-order valence-electron chi connectivity index (χ0n) is 11.8. The molecule has 2 aromatic carbocycles. The van der Waals surface area contributed by atoms with Crippen LogP contribution in [0, 0.1) is 5.82 Å². The average molecular weight is 332 g/mol. The maximum atomic E-state index is 13.0. The Morgan fingerprint density at radius 3 is 2.39 bits per heavy atom. The summed E-state index contributed by atoms with van der Waals surface area (Å²) >= 11 is 5.87. The average Bonchev–Trinajstić information content (AvgIpc) is 2.94. The predicted molar refractivity (Wildman–Crippen MR) is 82.9 cm³/mol. The van der Waals surface area contributed by atoms with Crippen LogP contribution in [0.2, 0.25) is 5.02 Å². The first-order valence-corrected chi connectivity index (χ1v) is 7.09. The van der Waals surface area contributed by atoms with Crippen molar-refractivity contribution in [3.8, 4) is 11.3 Å². The van der Waals surface area contributed by atoms with E-state index in [1.54, 1.807) is 36.4 Å². The lowest BCUT2D eigenvalue weighted by molar-refractivity contribution is 0.0691. The number of carbonyl (C=O) groups is 1. The van der Waals surface area contributed by atoms with Gasteiger partial charge < -0.3 is 5.11 Å². The Morgan fingerprint density at radius 2 is 1.78 bits per heavy atom. The van der Waals surface area contributed by atoms with Crippen molar-refractivity contribution >= 4 is 17.6 Å². The van der Waals surface area contributed by atoms with Crippen molar-refractivity contribution in [1.82, 2.24) is 15.0 Å². The van der Waals surface area contributed by atoms with Gasteiger partial charge in [0.05, 0.1) is 6.54 Å². The molecule has 5 nitrogen and oxygen atoms in total. The van der Waals surface area contributed by atoms with E-state index in [-0.39, 0.29) is 18.1 Å². The maximum Gasteiger partial charge on any atom is 0.358 e. The lowest BCUT2D eigenvalue weighted by Gasteiger charge is -2.08. The molecule has 0 bridgehead atoms. The number of halogens is 2. The van der Waals surface area contributed by atoms with Crippen molar-refractivity contribution in [3.63, 3.8) is 0 Å². The Morgan fingerprint density at radius 1 is 1.13 bits per heavy atom. The number of carboxylic acid groups (broad SMARTS) is 1. The predicted octanol–water partition coefficient (Wildman–Crippen LogP) is 3.48. The first kappa shape index (κ1) is 15.2. The topological polar surface area (TPSA) is 68.0 Å². The van der Waals surface area contributed by atoms with Crippen molar-refractivity contribution < 1.29 is 14.3 Å². The van der Waals surface area contributed by atoms with Gasteiger partial charge in [0, 0.05) is 10.6 Å². The molecular formula is C16H11ClFN3O2. The largest absolute Gasteiger partial charge is 0.476 e. The molecule has 7 heteroatoms. The number of carboxylic acids is 1. The van der Waals surface area contributed by atoms with Crippen LogP contribution in [-0.2, 0) is 6.54 Å². The molecule has 116 valence electrons. The quantitative estimate of drug-likeness (QED) is 0.794. The minimum Gasteiger partial charge on any atom is -0.476 e. The van der Waals surface area contributed by atoms with Crippen LogP contribution in [0.3, 0.4) is 0 Å². The molecular weight excluding hydrogens is 321 g/mol. The Hall–Kier alpha value is -2.73. The van der Waals surface area contributed by atoms with Gasteiger partial charge in [0.2, 0.25) is 0 Å². The van der Waals surface area contributed by atoms with E-state index in [9.17, 15) is 14.3 Å². The van der Waals surface area contributed by atoms with Gasteiger partial charge in [0.15, 0.2) is 5.69 Å². The monoisotopic (exact) mass is 331 g/mol. The Balaban J connectivity index is 2.05. The van der Waals surface area contributed by atoms with Crippen molar-refractivity contribution in [2.24, 2.45) is 0 Å². The van der Waals surface area contributed by atoms with Crippen LogP contribution < -0.4 is 0 Å². The van der Waals surface area contributed by atoms with Crippen molar-refractivity contribution in [2.75, 3.05) is 0 Å². The van der Waals surface area contributed by atoms with E-state index in [1.165, 1.54) is 16.8 Å². The Kier molecular flexibility index (Phi) is 4.08. The molecule has 0 amide bonds. The molecule has 0 aliphatic rings. The molecule has 0 radical (unpaired) electrons. The van der Waals surface area contributed by atoms with E-state index in [0.717, 1.165) is 5.56 Å². The minimum absolute atomic E-state index is 0.144. The highest BCUT2D eigenvalue weighted by molar-refractivity contribution is 6.30. The fourth-order valence-electron chi connectivity index (χ4n) is 2.22. The van der Waals surface area contributed by atoms with E-state index in [1.807, 2.05) is 0 Å². The molecule has 0 saturated carbocycles. The fraction of sp³-hybridized carbons (Fsp3) is 0.0625. The Labute approximate surface area is 135 Å². The minimum atomic E-state index is -1.17. The third-order valence-corrected chi connectivity index (χ3v) is 3.55. The highest BCUT2D eigenvalue weighted by Crippen LogP contribution is 2.25. The molecule has 0 atom stereocenters. The van der Waals surface area contributed by atoms with Crippen molar-refractivity contribution in [1.29, 1.82) is 0 Å². The third-order valence-electron chi connectivity index (χ3n) is 3.30. The fourth-order valence-corrected chi connectivity index (χ4v) is 2.35. The van der Waals surface area contributed by atoms with E-state index in [0.29, 0.717) is 16.3 Å². The van der Waals surface area contributed by atoms with E-state index < -0.39 is 5.97 Å². The van der Waals surface area contributed by atoms with Gasteiger partial charge >= 0.3 is 5.97 Å². The van der Waals surface area contributed by atoms with Gasteiger partial charge in [-0.25, -0.2) is 13.9 Å². The molecule has 23 heavy (non-hydrogen) atoms. The first-order chi connectivity index (χ1) is 11.0. The van der Waals surface area contributed by atoms with E-state index in [4.69, 9.17) is 11.6 Å². The highest BCUT2D eigenvalue weighted by Gasteiger charge is 2.20. The van der Waals surface area contributed by atoms with E-state index in [2.05, 4.69) is 10.3 Å². The summed E-state index contributed by atoms with van der Waals surface area (Å²) in [5, 5.41) is 17.5. The number of aromatic nitrogens is 3. The number of rotatable bonds is 4. The highest BCUT2D eigenvalue weighted by atomic mass is 35.5. The summed E-state index contributed by atoms with van der Waals surface area (Å²) in [6, 6.07) is 12.6. The molecule has 0 spiro atoms. The van der Waals surface area contributed by atoms with Gasteiger partial charge in [-0.05, 0) is 29.8 Å². The molecule has 1 N–H and O–H groups in total. The standard InChI is InChI=1S/C16H11ClFN3O2/c17-12-5-3-11(4-6-12)15-14(16(22)23)19-20-21(15)9-10-1-7-13(18)8-2-10/h1-8H,9H2,(H,22,23). The van der Waals surface area contributed by atoms with Gasteiger partial charge in [-0.3, -0.25) is 0 Å². The second-order valence-corrected chi connectivity index (χ2v) is 5.32. The summed E-state index contributed by atoms with van der Waals surface area (Å²) in [5.74, 6) is -1.50. The van der Waals surface area contributed by atoms with Crippen LogP contribution in [0.4, 0.5) is 4.39 Å². The molecule has 0 unspecified atom stereocenters. The van der Waals surface area contributed by atoms with Crippen LogP contribution >= 0.6 is 11.6 Å². The van der Waals surface area contributed by atoms with Gasteiger partial charge in [-0.1, -0.05) is 41.1 Å². The van der Waals surface area contributed by atoms with Gasteiger partial charge in [0.25, 0.3) is 0 Å². The number of hydrogen-bond donors (Lipinski definition) is 1. The number of aromatic carboxylic acids is 1. The van der Waals surface area contributed by atoms with Gasteiger partial charge in [-0.15, -0.1) is 5.10 Å². The second-order valence-electron chi connectivity index (χ2n) is 4.88. The molecule has 0 aliphatic carbocycles. The summed E-state index contributed by atoms with van der Waals surface area (Å²) in [5.41, 5.74) is 1.65. The molecule has 0 aliphatic heterocycles. The Bertz CT molecular complexity index is 845. The maximum absolute atomic E-state index is 13.0. The summed E-state index contributed by atoms with van der Waals surface area (Å²) in [6.45, 7) is 0.276. The number of hydrogen-bond acceptors (Lipinski definition) is 3. The number of nitrogens with zero attached hydrogens (tertiary/aromatic N) is 3. The molecule has 3 rings (SSSR count). The van der Waals surface area contributed by atoms with Crippen molar-refractivity contribution in [2.45, 2.75) is 6.54 Å². The summed E-state index contributed by atoms with van der Waals surface area (Å²) in [7, 11) is 0. The lowest BCUT2D eigenvalue weighted by Crippen LogP contribution is -2.06. The van der Waals surface area contributed by atoms with Crippen molar-refractivity contribution in [3.05, 3.63) is 70.6 Å². The smallest absolute Gasteiger partial charge is 0.358 e. The molecule has 0 saturated heterocycles. The summed E-state index contributed by atoms with van der Waals surface area (Å²) < 4.78 is 14.5. The molecule has 0 fully saturated rings. The normalized spacial score (nSPS) is 10.7. The second kappa shape index (κ2) is 6.18. The van der Waals surface area contributed by atoms with Crippen LogP contribution in [0.5, 0.6) is 0 Å². The first-order valence-electron chi connectivity index (χ1n) is 6.72. The zero-order valence-corrected chi connectivity index (χ0v) is 12.5. The van der Waals surface area contributed by atoms with Gasteiger partial charge in [0.1, 0.15) is 11.5 Å². The summed E-state index contributed by atoms with van der Waals surface area (Å²) in [4.78, 5) is 11.4. The SMILES string of the molecule is O=C(O)c1nnn(Cc2ccc(F)cc2)c1-c1ccc(Cl)cc1. The van der Waals surface area contributed by atoms with E-state index >= 15 is 0 Å². The molecule has 3 aromatic rings. The molecule has 1 aromatic heterocycles. The lowest BCUT2D eigenvalue weighted by atomic mass is 10.1. The zero-order chi connectivity index (χ0) is 16.4.